The number of hydrogen-bond acceptors (Lipinski definition) is 3. The Balaban J connectivity index is 1.85. The van der Waals surface area contributed by atoms with Crippen molar-refractivity contribution in [3.8, 4) is 0 Å². The van der Waals surface area contributed by atoms with E-state index in [0.29, 0.717) is 18.6 Å². The number of hydrogen-bond donors (Lipinski definition) is 1. The van der Waals surface area contributed by atoms with Crippen molar-refractivity contribution >= 4 is 5.91 Å². The van der Waals surface area contributed by atoms with Crippen molar-refractivity contribution in [2.45, 2.75) is 57.7 Å². The summed E-state index contributed by atoms with van der Waals surface area (Å²) in [7, 11) is 0. The zero-order valence-corrected chi connectivity index (χ0v) is 10.9. The van der Waals surface area contributed by atoms with Gasteiger partial charge in [0.1, 0.15) is 6.61 Å². The van der Waals surface area contributed by atoms with E-state index in [-0.39, 0.29) is 18.6 Å². The van der Waals surface area contributed by atoms with Crippen LogP contribution in [0.15, 0.2) is 0 Å². The summed E-state index contributed by atoms with van der Waals surface area (Å²) in [6.07, 6.45) is 5.17. The van der Waals surface area contributed by atoms with E-state index < -0.39 is 0 Å². The molecule has 1 N–H and O–H groups in total. The first kappa shape index (κ1) is 12.8. The van der Waals surface area contributed by atoms with Gasteiger partial charge >= 0.3 is 0 Å². The van der Waals surface area contributed by atoms with E-state index in [9.17, 15) is 4.79 Å². The second kappa shape index (κ2) is 5.83. The molecular weight excluding hydrogens is 216 g/mol. The first-order valence-electron chi connectivity index (χ1n) is 6.81. The highest BCUT2D eigenvalue weighted by molar-refractivity contribution is 5.77. The fraction of sp³-hybridized carbons (Fsp3) is 0.923. The Morgan fingerprint density at radius 1 is 1.47 bits per heavy atom. The molecule has 2 atom stereocenters. The van der Waals surface area contributed by atoms with Gasteiger partial charge in [0, 0.05) is 18.6 Å². The van der Waals surface area contributed by atoms with Crippen molar-refractivity contribution in [1.82, 2.24) is 10.2 Å². The summed E-state index contributed by atoms with van der Waals surface area (Å²) in [6, 6.07) is 1.24. The molecule has 1 amide bonds. The van der Waals surface area contributed by atoms with E-state index in [0.717, 1.165) is 6.42 Å². The van der Waals surface area contributed by atoms with Crippen molar-refractivity contribution in [3.05, 3.63) is 0 Å². The number of carbonyl (C=O) groups is 1. The van der Waals surface area contributed by atoms with E-state index in [2.05, 4.69) is 24.1 Å². The molecule has 0 spiro atoms. The van der Waals surface area contributed by atoms with Gasteiger partial charge in [-0.3, -0.25) is 9.69 Å². The number of nitrogens with one attached hydrogen (secondary N) is 1. The van der Waals surface area contributed by atoms with Crippen LogP contribution in [0.25, 0.3) is 0 Å². The first-order valence-corrected chi connectivity index (χ1v) is 6.81. The van der Waals surface area contributed by atoms with Gasteiger partial charge in [-0.15, -0.1) is 0 Å². The van der Waals surface area contributed by atoms with E-state index in [1.807, 2.05) is 0 Å². The number of morpholine rings is 1. The van der Waals surface area contributed by atoms with E-state index >= 15 is 0 Å². The minimum atomic E-state index is 0.0191. The van der Waals surface area contributed by atoms with Crippen LogP contribution >= 0.6 is 0 Å². The maximum atomic E-state index is 11.0. The average molecular weight is 240 g/mol. The molecule has 0 saturated carbocycles. The van der Waals surface area contributed by atoms with Crippen LogP contribution in [0.5, 0.6) is 0 Å². The van der Waals surface area contributed by atoms with Crippen LogP contribution < -0.4 is 5.32 Å². The summed E-state index contributed by atoms with van der Waals surface area (Å²) in [5.74, 6) is 0.0191. The van der Waals surface area contributed by atoms with Crippen molar-refractivity contribution in [2.75, 3.05) is 19.7 Å². The van der Waals surface area contributed by atoms with Gasteiger partial charge in [-0.2, -0.15) is 0 Å². The number of amides is 1. The van der Waals surface area contributed by atoms with Crippen molar-refractivity contribution in [3.63, 3.8) is 0 Å². The second-order valence-corrected chi connectivity index (χ2v) is 5.45. The maximum Gasteiger partial charge on any atom is 0.246 e. The number of ether oxygens (including phenoxy) is 1. The Morgan fingerprint density at radius 3 is 2.94 bits per heavy atom. The van der Waals surface area contributed by atoms with Crippen LogP contribution in [0.2, 0.25) is 0 Å². The average Bonchev–Trinajstić information content (AvgIpc) is 2.32. The van der Waals surface area contributed by atoms with Gasteiger partial charge in [-0.1, -0.05) is 6.42 Å². The first-order chi connectivity index (χ1) is 8.16. The zero-order valence-electron chi connectivity index (χ0n) is 10.9. The fourth-order valence-electron chi connectivity index (χ4n) is 2.94. The van der Waals surface area contributed by atoms with E-state index in [4.69, 9.17) is 4.74 Å². The van der Waals surface area contributed by atoms with Crippen LogP contribution in [0.4, 0.5) is 0 Å². The molecule has 2 aliphatic heterocycles. The SMILES string of the molecule is CC(C)N1CCCCC1CC1CNC(=O)CO1. The molecule has 4 heteroatoms. The van der Waals surface area contributed by atoms with Crippen LogP contribution in [-0.2, 0) is 9.53 Å². The number of carbonyl (C=O) groups excluding carboxylic acids is 1. The minimum Gasteiger partial charge on any atom is -0.367 e. The third-order valence-electron chi connectivity index (χ3n) is 3.85. The molecule has 2 rings (SSSR count). The summed E-state index contributed by atoms with van der Waals surface area (Å²) in [4.78, 5) is 13.6. The molecule has 2 unspecified atom stereocenters. The van der Waals surface area contributed by atoms with E-state index in [1.54, 1.807) is 0 Å². The molecule has 4 nitrogen and oxygen atoms in total. The Bertz CT molecular complexity index is 258. The molecule has 0 aliphatic carbocycles. The Morgan fingerprint density at radius 2 is 2.29 bits per heavy atom. The molecule has 0 aromatic carbocycles. The lowest BCUT2D eigenvalue weighted by Gasteiger charge is -2.40. The zero-order chi connectivity index (χ0) is 12.3. The number of piperidine rings is 1. The molecule has 98 valence electrons. The Kier molecular flexibility index (Phi) is 4.40. The molecule has 2 aliphatic rings. The highest BCUT2D eigenvalue weighted by atomic mass is 16.5. The monoisotopic (exact) mass is 240 g/mol. The van der Waals surface area contributed by atoms with Gasteiger partial charge in [0.25, 0.3) is 0 Å². The molecule has 0 radical (unpaired) electrons. The van der Waals surface area contributed by atoms with Crippen LogP contribution in [0.3, 0.4) is 0 Å². The molecule has 0 bridgehead atoms. The van der Waals surface area contributed by atoms with E-state index in [1.165, 1.54) is 25.8 Å². The highest BCUT2D eigenvalue weighted by Crippen LogP contribution is 2.24. The van der Waals surface area contributed by atoms with Crippen molar-refractivity contribution < 1.29 is 9.53 Å². The normalized spacial score (nSPS) is 31.6. The Labute approximate surface area is 104 Å². The van der Waals surface area contributed by atoms with Crippen LogP contribution in [0, 0.1) is 0 Å². The summed E-state index contributed by atoms with van der Waals surface area (Å²) in [6.45, 7) is 6.66. The largest absolute Gasteiger partial charge is 0.367 e. The summed E-state index contributed by atoms with van der Waals surface area (Å²) >= 11 is 0. The topological polar surface area (TPSA) is 41.6 Å². The Hall–Kier alpha value is -0.610. The van der Waals surface area contributed by atoms with Gasteiger partial charge in [0.2, 0.25) is 5.91 Å². The molecule has 2 fully saturated rings. The highest BCUT2D eigenvalue weighted by Gasteiger charge is 2.29. The number of rotatable bonds is 3. The standard InChI is InChI=1S/C13H24N2O2/c1-10(2)15-6-4-3-5-11(15)7-12-8-14-13(16)9-17-12/h10-12H,3-9H2,1-2H3,(H,14,16). The quantitative estimate of drug-likeness (QED) is 0.804. The summed E-state index contributed by atoms with van der Waals surface area (Å²) in [5.41, 5.74) is 0. The summed E-state index contributed by atoms with van der Waals surface area (Å²) in [5, 5.41) is 2.88. The number of likely N-dealkylation sites (tertiary alicyclic amines) is 1. The molecule has 0 aromatic heterocycles. The second-order valence-electron chi connectivity index (χ2n) is 5.45. The number of nitrogens with zero attached hydrogens (tertiary/aromatic N) is 1. The van der Waals surface area contributed by atoms with Gasteiger partial charge in [-0.25, -0.2) is 0 Å². The molecule has 17 heavy (non-hydrogen) atoms. The predicted molar refractivity (Wildman–Crippen MR) is 66.8 cm³/mol. The molecule has 2 saturated heterocycles. The fourth-order valence-corrected chi connectivity index (χ4v) is 2.94. The molecule has 2 heterocycles. The van der Waals surface area contributed by atoms with Crippen molar-refractivity contribution in [2.24, 2.45) is 0 Å². The molecular formula is C13H24N2O2. The minimum absolute atomic E-state index is 0.0191. The smallest absolute Gasteiger partial charge is 0.246 e. The molecule has 0 aromatic rings. The lowest BCUT2D eigenvalue weighted by atomic mass is 9.95. The maximum absolute atomic E-state index is 11.0. The van der Waals surface area contributed by atoms with Crippen LogP contribution in [-0.4, -0.2) is 48.7 Å². The third-order valence-corrected chi connectivity index (χ3v) is 3.85. The van der Waals surface area contributed by atoms with Gasteiger partial charge in [-0.05, 0) is 39.7 Å². The lowest BCUT2D eigenvalue weighted by Crippen LogP contribution is -2.49. The van der Waals surface area contributed by atoms with Gasteiger partial charge in [0.05, 0.1) is 6.10 Å². The van der Waals surface area contributed by atoms with Gasteiger partial charge in [0.15, 0.2) is 0 Å². The van der Waals surface area contributed by atoms with Crippen LogP contribution in [0.1, 0.15) is 39.5 Å². The predicted octanol–water partition coefficient (Wildman–Crippen LogP) is 1.15. The van der Waals surface area contributed by atoms with Crippen molar-refractivity contribution in [1.29, 1.82) is 0 Å². The van der Waals surface area contributed by atoms with Gasteiger partial charge < -0.3 is 10.1 Å². The summed E-state index contributed by atoms with van der Waals surface area (Å²) < 4.78 is 5.58. The third kappa shape index (κ3) is 3.42. The lowest BCUT2D eigenvalue weighted by molar-refractivity contribution is -0.134.